The Bertz CT molecular complexity index is 1410. The highest BCUT2D eigenvalue weighted by atomic mass is 19.4. The zero-order chi connectivity index (χ0) is 28.2. The van der Waals surface area contributed by atoms with E-state index in [1.807, 2.05) is 19.1 Å². The zero-order valence-corrected chi connectivity index (χ0v) is 21.3. The molecule has 2 aromatic heterocycles. The second-order valence-corrected chi connectivity index (χ2v) is 8.75. The Morgan fingerprint density at radius 3 is 2.59 bits per heavy atom. The Labute approximate surface area is 221 Å². The van der Waals surface area contributed by atoms with Gasteiger partial charge >= 0.3 is 12.1 Å². The van der Waals surface area contributed by atoms with Crippen molar-refractivity contribution in [2.45, 2.75) is 39.1 Å². The molecule has 1 unspecified atom stereocenters. The van der Waals surface area contributed by atoms with Gasteiger partial charge in [0.25, 0.3) is 5.56 Å². The maximum Gasteiger partial charge on any atom is 0.573 e. The molecule has 0 fully saturated rings. The fourth-order valence-electron chi connectivity index (χ4n) is 4.08. The molecule has 3 heterocycles. The van der Waals surface area contributed by atoms with Gasteiger partial charge in [0.05, 0.1) is 6.61 Å². The number of halogens is 3. The highest BCUT2D eigenvalue weighted by Crippen LogP contribution is 2.32. The first-order chi connectivity index (χ1) is 18.6. The third-order valence-electron chi connectivity index (χ3n) is 5.89. The molecule has 1 aliphatic heterocycles. The Balaban J connectivity index is 1.52. The predicted octanol–water partition coefficient (Wildman–Crippen LogP) is 2.34. The average Bonchev–Trinajstić information content (AvgIpc) is 3.24. The average molecular weight is 552 g/mol. The number of aromatic nitrogens is 3. The van der Waals surface area contributed by atoms with Crippen LogP contribution >= 0.6 is 0 Å². The molecule has 14 heteroatoms. The number of fused-ring (bicyclic) bond motifs is 1. The molecule has 0 amide bonds. The summed E-state index contributed by atoms with van der Waals surface area (Å²) in [7, 11) is 1.52. The van der Waals surface area contributed by atoms with E-state index in [1.165, 1.54) is 23.7 Å². The molecule has 0 spiro atoms. The van der Waals surface area contributed by atoms with Crippen molar-refractivity contribution in [2.75, 3.05) is 30.0 Å². The fraction of sp³-hybridized carbons (Fsp3) is 0.400. The van der Waals surface area contributed by atoms with Gasteiger partial charge in [-0.05, 0) is 37.1 Å². The van der Waals surface area contributed by atoms with E-state index in [0.29, 0.717) is 0 Å². The Morgan fingerprint density at radius 1 is 1.13 bits per heavy atom. The van der Waals surface area contributed by atoms with Crippen molar-refractivity contribution in [3.63, 3.8) is 0 Å². The summed E-state index contributed by atoms with van der Waals surface area (Å²) in [5, 5.41) is 12.3. The third-order valence-corrected chi connectivity index (χ3v) is 5.89. The van der Waals surface area contributed by atoms with Crippen molar-refractivity contribution in [2.24, 2.45) is 7.05 Å². The number of aliphatic hydroxyl groups excluding tert-OH is 1. The summed E-state index contributed by atoms with van der Waals surface area (Å²) in [4.78, 5) is 32.2. The van der Waals surface area contributed by atoms with Gasteiger partial charge in [-0.2, -0.15) is 0 Å². The monoisotopic (exact) mass is 551 g/mol. The van der Waals surface area contributed by atoms with E-state index in [2.05, 4.69) is 15.0 Å². The lowest BCUT2D eigenvalue weighted by Gasteiger charge is -2.26. The molecule has 1 aliphatic rings. The number of nitrogens with zero attached hydrogens (tertiary/aromatic N) is 4. The van der Waals surface area contributed by atoms with E-state index in [4.69, 9.17) is 9.47 Å². The van der Waals surface area contributed by atoms with Gasteiger partial charge in [0.1, 0.15) is 29.6 Å². The third kappa shape index (κ3) is 6.70. The molecule has 1 atom stereocenters. The summed E-state index contributed by atoms with van der Waals surface area (Å²) in [6.45, 7) is 1.91. The summed E-state index contributed by atoms with van der Waals surface area (Å²) >= 11 is 0. The molecule has 4 rings (SSSR count). The van der Waals surface area contributed by atoms with Crippen LogP contribution in [0.15, 0.2) is 52.2 Å². The second-order valence-electron chi connectivity index (χ2n) is 8.75. The molecule has 0 bridgehead atoms. The van der Waals surface area contributed by atoms with Crippen LogP contribution in [0.3, 0.4) is 0 Å². The standard InChI is InChI=1S/C25H28F3N5O6/c1-16-7-8-17(14-29-16)15-33-20-21(31(2)24(36)32(22(20)35)9-4-10-34)30-23(33)38-12-11-37-18-5-3-6-19(13-18)39-25(26,27)28/h3,5-8,13-14,23,30,34H,4,9-12,15H2,1-2H3. The summed E-state index contributed by atoms with van der Waals surface area (Å²) in [6.07, 6.45) is -3.78. The fourth-order valence-corrected chi connectivity index (χ4v) is 4.08. The van der Waals surface area contributed by atoms with Crippen molar-refractivity contribution < 1.29 is 32.5 Å². The zero-order valence-electron chi connectivity index (χ0n) is 21.3. The van der Waals surface area contributed by atoms with Gasteiger partial charge in [0, 0.05) is 44.7 Å². The number of alkyl halides is 3. The lowest BCUT2D eigenvalue weighted by atomic mass is 10.2. The molecule has 0 saturated carbocycles. The van der Waals surface area contributed by atoms with Crippen LogP contribution in [0.5, 0.6) is 11.5 Å². The van der Waals surface area contributed by atoms with Crippen LogP contribution < -0.4 is 30.9 Å². The number of aryl methyl sites for hydroxylation is 1. The SMILES string of the molecule is Cc1ccc(CN2c3c(n(C)c(=O)n(CCCO)c3=O)NC2OCCOc2cccc(OC(F)(F)F)c2)cn1. The van der Waals surface area contributed by atoms with Crippen molar-refractivity contribution in [3.05, 3.63) is 74.7 Å². The topological polar surface area (TPSA) is 120 Å². The summed E-state index contributed by atoms with van der Waals surface area (Å²) in [5.74, 6) is 0.0121. The lowest BCUT2D eigenvalue weighted by Crippen LogP contribution is -2.43. The molecule has 39 heavy (non-hydrogen) atoms. The molecule has 210 valence electrons. The number of benzene rings is 1. The highest BCUT2D eigenvalue weighted by molar-refractivity contribution is 5.71. The molecule has 11 nitrogen and oxygen atoms in total. The number of aliphatic hydroxyl groups is 1. The lowest BCUT2D eigenvalue weighted by molar-refractivity contribution is -0.274. The number of rotatable bonds is 11. The van der Waals surface area contributed by atoms with E-state index in [1.54, 1.807) is 11.1 Å². The van der Waals surface area contributed by atoms with Crippen molar-refractivity contribution in [1.82, 2.24) is 14.1 Å². The van der Waals surface area contributed by atoms with Crippen molar-refractivity contribution in [1.29, 1.82) is 0 Å². The van der Waals surface area contributed by atoms with E-state index in [-0.39, 0.29) is 56.6 Å². The normalized spacial score (nSPS) is 14.7. The number of anilines is 2. The largest absolute Gasteiger partial charge is 0.573 e. The summed E-state index contributed by atoms with van der Waals surface area (Å²) in [6, 6.07) is 8.81. The first kappa shape index (κ1) is 28.0. The minimum atomic E-state index is -4.82. The molecule has 0 radical (unpaired) electrons. The Morgan fingerprint density at radius 2 is 1.90 bits per heavy atom. The van der Waals surface area contributed by atoms with Crippen LogP contribution in [-0.4, -0.2) is 51.8 Å². The molecular weight excluding hydrogens is 523 g/mol. The highest BCUT2D eigenvalue weighted by Gasteiger charge is 2.36. The first-order valence-electron chi connectivity index (χ1n) is 12.1. The predicted molar refractivity (Wildman–Crippen MR) is 135 cm³/mol. The molecule has 0 saturated heterocycles. The maximum absolute atomic E-state index is 13.4. The number of hydrogen-bond acceptors (Lipinski definition) is 9. The van der Waals surface area contributed by atoms with Crippen molar-refractivity contribution in [3.8, 4) is 11.5 Å². The number of ether oxygens (including phenoxy) is 3. The molecular formula is C25H28F3N5O6. The molecule has 0 aliphatic carbocycles. The van der Waals surface area contributed by atoms with Gasteiger partial charge in [0.2, 0.25) is 6.35 Å². The first-order valence-corrected chi connectivity index (χ1v) is 12.1. The second kappa shape index (κ2) is 11.8. The molecule has 3 aromatic rings. The van der Waals surface area contributed by atoms with Gasteiger partial charge in [0.15, 0.2) is 0 Å². The number of nitrogens with one attached hydrogen (secondary N) is 1. The van der Waals surface area contributed by atoms with Crippen LogP contribution in [0.4, 0.5) is 24.7 Å². The number of hydrogen-bond donors (Lipinski definition) is 2. The molecule has 2 N–H and O–H groups in total. The smallest absolute Gasteiger partial charge is 0.491 e. The van der Waals surface area contributed by atoms with Crippen LogP contribution in [0.25, 0.3) is 0 Å². The van der Waals surface area contributed by atoms with Gasteiger partial charge in [-0.3, -0.25) is 18.9 Å². The van der Waals surface area contributed by atoms with Crippen LogP contribution in [0.2, 0.25) is 0 Å². The van der Waals surface area contributed by atoms with E-state index < -0.39 is 29.7 Å². The minimum absolute atomic E-state index is 0.00862. The van der Waals surface area contributed by atoms with E-state index >= 15 is 0 Å². The molecule has 1 aromatic carbocycles. The maximum atomic E-state index is 13.4. The van der Waals surface area contributed by atoms with Crippen LogP contribution in [-0.2, 0) is 24.9 Å². The summed E-state index contributed by atoms with van der Waals surface area (Å²) < 4.78 is 55.2. The number of pyridine rings is 1. The van der Waals surface area contributed by atoms with Crippen LogP contribution in [0, 0.1) is 6.92 Å². The Kier molecular flexibility index (Phi) is 8.45. The quantitative estimate of drug-likeness (QED) is 0.346. The van der Waals surface area contributed by atoms with Gasteiger partial charge in [-0.25, -0.2) is 4.79 Å². The van der Waals surface area contributed by atoms with Gasteiger partial charge < -0.3 is 29.5 Å². The van der Waals surface area contributed by atoms with Gasteiger partial charge in [-0.15, -0.1) is 13.2 Å². The van der Waals surface area contributed by atoms with Gasteiger partial charge in [-0.1, -0.05) is 12.1 Å². The summed E-state index contributed by atoms with van der Waals surface area (Å²) in [5.41, 5.74) is 0.761. The minimum Gasteiger partial charge on any atom is -0.491 e. The van der Waals surface area contributed by atoms with Crippen molar-refractivity contribution >= 4 is 11.5 Å². The van der Waals surface area contributed by atoms with E-state index in [0.717, 1.165) is 28.0 Å². The van der Waals surface area contributed by atoms with E-state index in [9.17, 15) is 27.9 Å². The Hall–Kier alpha value is -4.04. The van der Waals surface area contributed by atoms with Crippen LogP contribution in [0.1, 0.15) is 17.7 Å².